The van der Waals surface area contributed by atoms with Crippen LogP contribution in [0.15, 0.2) is 35.1 Å². The van der Waals surface area contributed by atoms with Crippen molar-refractivity contribution >= 4 is 11.6 Å². The molecule has 0 aliphatic rings. The lowest BCUT2D eigenvalue weighted by molar-refractivity contribution is 0.1000. The van der Waals surface area contributed by atoms with Crippen LogP contribution < -0.4 is 11.1 Å². The van der Waals surface area contributed by atoms with Gasteiger partial charge in [-0.1, -0.05) is 0 Å². The standard InChI is InChI=1S/C13H13FN2O2/c1-8-11(14)4-10(13(15)17)5-12(8)16-6-9-2-3-18-7-9/h2-5,7,16H,6H2,1H3,(H2,15,17). The van der Waals surface area contributed by atoms with Gasteiger partial charge in [-0.3, -0.25) is 4.79 Å². The minimum absolute atomic E-state index is 0.146. The summed E-state index contributed by atoms with van der Waals surface area (Å²) >= 11 is 0. The Morgan fingerprint density at radius 2 is 2.28 bits per heavy atom. The number of halogens is 1. The van der Waals surface area contributed by atoms with Crippen LogP contribution in [0, 0.1) is 12.7 Å². The van der Waals surface area contributed by atoms with E-state index in [1.54, 1.807) is 31.6 Å². The number of furan rings is 1. The molecule has 1 heterocycles. The van der Waals surface area contributed by atoms with Crippen molar-refractivity contribution in [3.8, 4) is 0 Å². The highest BCUT2D eigenvalue weighted by atomic mass is 19.1. The maximum absolute atomic E-state index is 13.6. The molecule has 0 aliphatic carbocycles. The average molecular weight is 248 g/mol. The Morgan fingerprint density at radius 1 is 1.50 bits per heavy atom. The van der Waals surface area contributed by atoms with Crippen molar-refractivity contribution in [2.24, 2.45) is 5.73 Å². The summed E-state index contributed by atoms with van der Waals surface area (Å²) in [6.07, 6.45) is 3.15. The molecule has 0 unspecified atom stereocenters. The summed E-state index contributed by atoms with van der Waals surface area (Å²) in [5.41, 5.74) is 7.21. The number of carbonyl (C=O) groups is 1. The van der Waals surface area contributed by atoms with E-state index in [4.69, 9.17) is 10.2 Å². The summed E-state index contributed by atoms with van der Waals surface area (Å²) in [5.74, 6) is -1.11. The number of nitrogens with one attached hydrogen (secondary N) is 1. The summed E-state index contributed by atoms with van der Waals surface area (Å²) in [6.45, 7) is 2.12. The number of anilines is 1. The van der Waals surface area contributed by atoms with Crippen molar-refractivity contribution < 1.29 is 13.6 Å². The number of primary amides is 1. The van der Waals surface area contributed by atoms with Gasteiger partial charge < -0.3 is 15.5 Å². The third kappa shape index (κ3) is 2.51. The number of carbonyl (C=O) groups excluding carboxylic acids is 1. The molecular formula is C13H13FN2O2. The number of nitrogens with two attached hydrogens (primary N) is 1. The van der Waals surface area contributed by atoms with E-state index >= 15 is 0 Å². The molecule has 0 fully saturated rings. The first kappa shape index (κ1) is 12.2. The Morgan fingerprint density at radius 3 is 2.89 bits per heavy atom. The van der Waals surface area contributed by atoms with Crippen molar-refractivity contribution in [3.63, 3.8) is 0 Å². The van der Waals surface area contributed by atoms with E-state index in [1.165, 1.54) is 0 Å². The third-order valence-electron chi connectivity index (χ3n) is 2.69. The van der Waals surface area contributed by atoms with Gasteiger partial charge in [0.1, 0.15) is 5.82 Å². The summed E-state index contributed by atoms with van der Waals surface area (Å²) in [4.78, 5) is 11.1. The second-order valence-corrected chi connectivity index (χ2v) is 3.98. The molecule has 0 spiro atoms. The van der Waals surface area contributed by atoms with Crippen LogP contribution in [0.1, 0.15) is 21.5 Å². The fourth-order valence-corrected chi connectivity index (χ4v) is 1.60. The highest BCUT2D eigenvalue weighted by Gasteiger charge is 2.10. The molecule has 18 heavy (non-hydrogen) atoms. The van der Waals surface area contributed by atoms with Crippen molar-refractivity contribution in [2.75, 3.05) is 5.32 Å². The molecule has 0 radical (unpaired) electrons. The Hall–Kier alpha value is -2.30. The van der Waals surface area contributed by atoms with Gasteiger partial charge in [0, 0.05) is 28.9 Å². The van der Waals surface area contributed by atoms with E-state index in [0.717, 1.165) is 11.6 Å². The molecule has 5 heteroatoms. The van der Waals surface area contributed by atoms with Gasteiger partial charge in [-0.25, -0.2) is 4.39 Å². The van der Waals surface area contributed by atoms with Gasteiger partial charge in [0.05, 0.1) is 12.5 Å². The maximum atomic E-state index is 13.6. The molecule has 0 aliphatic heterocycles. The minimum Gasteiger partial charge on any atom is -0.472 e. The molecule has 1 amide bonds. The third-order valence-corrected chi connectivity index (χ3v) is 2.69. The monoisotopic (exact) mass is 248 g/mol. The number of hydrogen-bond donors (Lipinski definition) is 2. The highest BCUT2D eigenvalue weighted by Crippen LogP contribution is 2.21. The van der Waals surface area contributed by atoms with Gasteiger partial charge in [0.25, 0.3) is 0 Å². The summed E-state index contributed by atoms with van der Waals surface area (Å²) in [6, 6.07) is 4.48. The number of rotatable bonds is 4. The first-order chi connectivity index (χ1) is 8.58. The molecule has 0 saturated heterocycles. The Balaban J connectivity index is 2.23. The quantitative estimate of drug-likeness (QED) is 0.873. The largest absolute Gasteiger partial charge is 0.472 e. The van der Waals surface area contributed by atoms with Crippen LogP contribution in [-0.2, 0) is 6.54 Å². The molecule has 4 nitrogen and oxygen atoms in total. The lowest BCUT2D eigenvalue weighted by Crippen LogP contribution is -2.13. The van der Waals surface area contributed by atoms with Gasteiger partial charge in [0.2, 0.25) is 5.91 Å². The van der Waals surface area contributed by atoms with E-state index in [9.17, 15) is 9.18 Å². The van der Waals surface area contributed by atoms with Crippen LogP contribution in [0.4, 0.5) is 10.1 Å². The highest BCUT2D eigenvalue weighted by molar-refractivity contribution is 5.94. The van der Waals surface area contributed by atoms with Crippen LogP contribution in [0.2, 0.25) is 0 Å². The predicted octanol–water partition coefficient (Wildman–Crippen LogP) is 2.44. The first-order valence-corrected chi connectivity index (χ1v) is 5.43. The van der Waals surface area contributed by atoms with Crippen molar-refractivity contribution in [2.45, 2.75) is 13.5 Å². The zero-order chi connectivity index (χ0) is 13.1. The fraction of sp³-hybridized carbons (Fsp3) is 0.154. The Kier molecular flexibility index (Phi) is 3.32. The molecule has 3 N–H and O–H groups in total. The Labute approximate surface area is 104 Å². The molecule has 0 bridgehead atoms. The first-order valence-electron chi connectivity index (χ1n) is 5.43. The summed E-state index contributed by atoms with van der Waals surface area (Å²) in [7, 11) is 0. The van der Waals surface area contributed by atoms with Gasteiger partial charge in [-0.2, -0.15) is 0 Å². The zero-order valence-corrected chi connectivity index (χ0v) is 9.87. The average Bonchev–Trinajstić information content (AvgIpc) is 2.83. The van der Waals surface area contributed by atoms with E-state index in [1.807, 2.05) is 0 Å². The second-order valence-electron chi connectivity index (χ2n) is 3.98. The van der Waals surface area contributed by atoms with Crippen LogP contribution in [0.5, 0.6) is 0 Å². The van der Waals surface area contributed by atoms with Gasteiger partial charge >= 0.3 is 0 Å². The lowest BCUT2D eigenvalue weighted by atomic mass is 10.1. The minimum atomic E-state index is -0.653. The second kappa shape index (κ2) is 4.91. The van der Waals surface area contributed by atoms with Crippen molar-refractivity contribution in [1.29, 1.82) is 0 Å². The van der Waals surface area contributed by atoms with Crippen LogP contribution in [0.3, 0.4) is 0 Å². The summed E-state index contributed by atoms with van der Waals surface area (Å²) < 4.78 is 18.5. The molecule has 2 rings (SSSR count). The van der Waals surface area contributed by atoms with Crippen molar-refractivity contribution in [1.82, 2.24) is 0 Å². The van der Waals surface area contributed by atoms with E-state index in [-0.39, 0.29) is 5.56 Å². The Bertz CT molecular complexity index is 565. The normalized spacial score (nSPS) is 10.3. The van der Waals surface area contributed by atoms with Crippen LogP contribution in [0.25, 0.3) is 0 Å². The molecule has 0 atom stereocenters. The van der Waals surface area contributed by atoms with Gasteiger partial charge in [-0.15, -0.1) is 0 Å². The molecular weight excluding hydrogens is 235 g/mol. The fourth-order valence-electron chi connectivity index (χ4n) is 1.60. The van der Waals surface area contributed by atoms with Crippen LogP contribution in [-0.4, -0.2) is 5.91 Å². The smallest absolute Gasteiger partial charge is 0.248 e. The number of benzene rings is 1. The molecule has 0 saturated carbocycles. The predicted molar refractivity (Wildman–Crippen MR) is 65.7 cm³/mol. The van der Waals surface area contributed by atoms with Gasteiger partial charge in [0.15, 0.2) is 0 Å². The van der Waals surface area contributed by atoms with Crippen molar-refractivity contribution in [3.05, 3.63) is 53.2 Å². The SMILES string of the molecule is Cc1c(F)cc(C(N)=O)cc1NCc1ccoc1. The lowest BCUT2D eigenvalue weighted by Gasteiger charge is -2.10. The molecule has 1 aromatic carbocycles. The van der Waals surface area contributed by atoms with Crippen LogP contribution >= 0.6 is 0 Å². The van der Waals surface area contributed by atoms with E-state index in [0.29, 0.717) is 17.8 Å². The maximum Gasteiger partial charge on any atom is 0.248 e. The molecule has 94 valence electrons. The molecule has 1 aromatic heterocycles. The number of hydrogen-bond acceptors (Lipinski definition) is 3. The number of amides is 1. The van der Waals surface area contributed by atoms with E-state index < -0.39 is 11.7 Å². The van der Waals surface area contributed by atoms with E-state index in [2.05, 4.69) is 5.32 Å². The topological polar surface area (TPSA) is 68.3 Å². The zero-order valence-electron chi connectivity index (χ0n) is 9.87. The molecule has 2 aromatic rings. The van der Waals surface area contributed by atoms with Gasteiger partial charge in [-0.05, 0) is 25.1 Å². The summed E-state index contributed by atoms with van der Waals surface area (Å²) in [5, 5.41) is 3.04.